The maximum atomic E-state index is 12.4. The minimum atomic E-state index is -1.07. The van der Waals surface area contributed by atoms with Gasteiger partial charge in [-0.3, -0.25) is 4.90 Å². The van der Waals surface area contributed by atoms with E-state index < -0.39 is 17.3 Å². The van der Waals surface area contributed by atoms with Crippen molar-refractivity contribution in [2.24, 2.45) is 35.0 Å². The summed E-state index contributed by atoms with van der Waals surface area (Å²) in [5.41, 5.74) is -2.38. The highest BCUT2D eigenvalue weighted by Gasteiger charge is 2.86. The van der Waals surface area contributed by atoms with Crippen LogP contribution in [0, 0.1) is 35.0 Å². The molecule has 0 aromatic heterocycles. The molecule has 13 unspecified atom stereocenters. The molecular weight excluding hydrogens is 386 g/mol. The van der Waals surface area contributed by atoms with Gasteiger partial charge in [-0.15, -0.1) is 0 Å². The zero-order valence-electron chi connectivity index (χ0n) is 18.5. The topological polar surface area (TPSA) is 91.6 Å². The van der Waals surface area contributed by atoms with Gasteiger partial charge in [-0.05, 0) is 31.7 Å². The molecule has 170 valence electrons. The Balaban J connectivity index is 1.62. The lowest BCUT2D eigenvalue weighted by Gasteiger charge is -2.68. The Bertz CT molecular complexity index is 736. The van der Waals surface area contributed by atoms with Crippen LogP contribution in [0.25, 0.3) is 0 Å². The molecule has 6 aliphatic rings. The molecule has 0 amide bonds. The van der Waals surface area contributed by atoms with Gasteiger partial charge in [-0.25, -0.2) is 0 Å². The highest BCUT2D eigenvalue weighted by Crippen LogP contribution is 2.77. The summed E-state index contributed by atoms with van der Waals surface area (Å²) >= 11 is 0. The minimum absolute atomic E-state index is 0.00568. The normalized spacial score (nSPS) is 63.3. The van der Waals surface area contributed by atoms with E-state index in [9.17, 15) is 15.3 Å². The Hall–Kier alpha value is -0.280. The second-order valence-corrected chi connectivity index (χ2v) is 11.1. The molecule has 0 aromatic carbocycles. The number of likely N-dealkylation sites (tertiary alicyclic amines) is 1. The van der Waals surface area contributed by atoms with Crippen LogP contribution in [0.5, 0.6) is 0 Å². The van der Waals surface area contributed by atoms with Gasteiger partial charge in [-0.1, -0.05) is 6.92 Å². The largest absolute Gasteiger partial charge is 0.392 e. The molecule has 7 heteroatoms. The van der Waals surface area contributed by atoms with Gasteiger partial charge in [0, 0.05) is 69.4 Å². The first kappa shape index (κ1) is 20.3. The highest BCUT2D eigenvalue weighted by atomic mass is 16.5. The van der Waals surface area contributed by atoms with Crippen molar-refractivity contribution in [1.29, 1.82) is 0 Å². The molecule has 1 saturated heterocycles. The molecule has 5 aliphatic carbocycles. The summed E-state index contributed by atoms with van der Waals surface area (Å²) in [5, 5.41) is 36.1. The zero-order valence-corrected chi connectivity index (χ0v) is 18.5. The van der Waals surface area contributed by atoms with Crippen LogP contribution in [0.15, 0.2) is 0 Å². The third-order valence-corrected chi connectivity index (χ3v) is 10.8. The molecule has 5 saturated carbocycles. The number of hydrogen-bond acceptors (Lipinski definition) is 7. The second-order valence-electron chi connectivity index (χ2n) is 11.1. The molecule has 7 bridgehead atoms. The average molecular weight is 424 g/mol. The van der Waals surface area contributed by atoms with Gasteiger partial charge < -0.3 is 29.5 Å². The fraction of sp³-hybridized carbons (Fsp3) is 1.00. The molecular formula is C23H37NO6. The number of piperidine rings is 1. The number of rotatable bonds is 4. The van der Waals surface area contributed by atoms with Gasteiger partial charge in [0.2, 0.25) is 0 Å². The lowest BCUT2D eigenvalue weighted by atomic mass is 9.45. The number of aliphatic hydroxyl groups is 3. The van der Waals surface area contributed by atoms with Crippen LogP contribution in [-0.2, 0) is 14.2 Å². The van der Waals surface area contributed by atoms with Crippen molar-refractivity contribution in [2.75, 3.05) is 34.4 Å². The standard InChI is InChI=1S/C23H37NO6/c1-5-24-10-21(26)7-6-14(29-3)23-12-8-11-13(28-2)9-22(27,15(12)18(11)30-4)16(20(23)24)17(25)19(21)23/h11-20,25-27H,5-10H2,1-4H3. The molecule has 0 aromatic rings. The van der Waals surface area contributed by atoms with Gasteiger partial charge in [0.15, 0.2) is 0 Å². The van der Waals surface area contributed by atoms with Crippen molar-refractivity contribution < 1.29 is 29.5 Å². The van der Waals surface area contributed by atoms with Crippen LogP contribution in [0.4, 0.5) is 0 Å². The van der Waals surface area contributed by atoms with E-state index in [1.807, 2.05) is 0 Å². The fourth-order valence-electron chi connectivity index (χ4n) is 10.3. The summed E-state index contributed by atoms with van der Waals surface area (Å²) in [7, 11) is 5.25. The predicted molar refractivity (Wildman–Crippen MR) is 108 cm³/mol. The summed E-state index contributed by atoms with van der Waals surface area (Å²) in [5.74, 6) is -0.297. The first-order valence-corrected chi connectivity index (χ1v) is 11.8. The summed E-state index contributed by atoms with van der Waals surface area (Å²) in [6, 6.07) is 0.00568. The van der Waals surface area contributed by atoms with Crippen LogP contribution < -0.4 is 0 Å². The number of nitrogens with zero attached hydrogens (tertiary/aromatic N) is 1. The summed E-state index contributed by atoms with van der Waals surface area (Å²) in [4.78, 5) is 2.35. The van der Waals surface area contributed by atoms with Crippen LogP contribution in [0.2, 0.25) is 0 Å². The zero-order chi connectivity index (χ0) is 21.2. The van der Waals surface area contributed by atoms with E-state index in [1.54, 1.807) is 21.3 Å². The van der Waals surface area contributed by atoms with Gasteiger partial charge in [-0.2, -0.15) is 0 Å². The van der Waals surface area contributed by atoms with Gasteiger partial charge in [0.1, 0.15) is 0 Å². The summed E-state index contributed by atoms with van der Waals surface area (Å²) in [6.45, 7) is 3.49. The fourth-order valence-corrected chi connectivity index (χ4v) is 10.3. The minimum Gasteiger partial charge on any atom is -0.392 e. The van der Waals surface area contributed by atoms with Crippen LogP contribution >= 0.6 is 0 Å². The Morgan fingerprint density at radius 1 is 1.07 bits per heavy atom. The van der Waals surface area contributed by atoms with Crippen molar-refractivity contribution in [1.82, 2.24) is 4.90 Å². The summed E-state index contributed by atoms with van der Waals surface area (Å²) in [6.07, 6.45) is 1.90. The SMILES string of the molecule is CCN1CC2(O)CCC(OC)C34C5CC6C(OC)CC(O)(C5C6OC)C(C(O)C23)C14. The first-order chi connectivity index (χ1) is 14.3. The van der Waals surface area contributed by atoms with E-state index in [0.717, 1.165) is 19.4 Å². The van der Waals surface area contributed by atoms with E-state index in [0.29, 0.717) is 19.4 Å². The Morgan fingerprint density at radius 2 is 1.83 bits per heavy atom. The third kappa shape index (κ3) is 1.91. The molecule has 13 atom stereocenters. The van der Waals surface area contributed by atoms with Crippen LogP contribution in [0.3, 0.4) is 0 Å². The van der Waals surface area contributed by atoms with Crippen molar-refractivity contribution in [3.63, 3.8) is 0 Å². The van der Waals surface area contributed by atoms with Crippen molar-refractivity contribution in [2.45, 2.75) is 74.3 Å². The lowest BCUT2D eigenvalue weighted by Crippen LogP contribution is -2.77. The summed E-state index contributed by atoms with van der Waals surface area (Å²) < 4.78 is 18.1. The molecule has 1 aliphatic heterocycles. The van der Waals surface area contributed by atoms with Crippen molar-refractivity contribution in [3.05, 3.63) is 0 Å². The molecule has 6 rings (SSSR count). The number of aliphatic hydroxyl groups excluding tert-OH is 1. The van der Waals surface area contributed by atoms with E-state index in [-0.39, 0.29) is 59.4 Å². The maximum absolute atomic E-state index is 12.4. The van der Waals surface area contributed by atoms with Gasteiger partial charge >= 0.3 is 0 Å². The van der Waals surface area contributed by atoms with Gasteiger partial charge in [0.25, 0.3) is 0 Å². The number of β-amino-alcohol motifs (C(OH)–C–C–N with tert-alkyl or cyclic N) is 1. The molecule has 3 N–H and O–H groups in total. The monoisotopic (exact) mass is 423 g/mol. The van der Waals surface area contributed by atoms with E-state index >= 15 is 0 Å². The average Bonchev–Trinajstić information content (AvgIpc) is 3.17. The first-order valence-electron chi connectivity index (χ1n) is 11.8. The number of likely N-dealkylation sites (N-methyl/N-ethyl adjacent to an activating group) is 1. The number of hydrogen-bond donors (Lipinski definition) is 3. The van der Waals surface area contributed by atoms with E-state index in [2.05, 4.69) is 11.8 Å². The Kier molecular flexibility index (Phi) is 4.19. The second kappa shape index (κ2) is 6.19. The predicted octanol–water partition coefficient (Wildman–Crippen LogP) is 0.254. The molecule has 1 heterocycles. The molecule has 1 spiro atoms. The smallest absolute Gasteiger partial charge is 0.0834 e. The number of ether oxygens (including phenoxy) is 3. The van der Waals surface area contributed by atoms with E-state index in [1.165, 1.54) is 0 Å². The van der Waals surface area contributed by atoms with Crippen LogP contribution in [-0.4, -0.2) is 96.3 Å². The molecule has 6 fully saturated rings. The van der Waals surface area contributed by atoms with Crippen molar-refractivity contribution >= 4 is 0 Å². The lowest BCUT2D eigenvalue weighted by molar-refractivity contribution is -0.285. The quantitative estimate of drug-likeness (QED) is 0.597. The maximum Gasteiger partial charge on any atom is 0.0834 e. The van der Waals surface area contributed by atoms with Crippen molar-refractivity contribution in [3.8, 4) is 0 Å². The van der Waals surface area contributed by atoms with Crippen LogP contribution in [0.1, 0.15) is 32.6 Å². The van der Waals surface area contributed by atoms with E-state index in [4.69, 9.17) is 14.2 Å². The number of methoxy groups -OCH3 is 3. The Morgan fingerprint density at radius 3 is 2.47 bits per heavy atom. The molecule has 0 radical (unpaired) electrons. The third-order valence-electron chi connectivity index (χ3n) is 10.8. The molecule has 30 heavy (non-hydrogen) atoms. The number of fused-ring (bicyclic) bond motifs is 2. The highest BCUT2D eigenvalue weighted by molar-refractivity contribution is 5.36. The van der Waals surface area contributed by atoms with Gasteiger partial charge in [0.05, 0.1) is 35.6 Å². The molecule has 7 nitrogen and oxygen atoms in total. The Labute approximate surface area is 178 Å².